The number of hydrogen-bond acceptors (Lipinski definition) is 5. The highest BCUT2D eigenvalue weighted by Gasteiger charge is 2.50. The molecule has 1 unspecified atom stereocenters. The second kappa shape index (κ2) is 9.63. The molecule has 4 aliphatic carbocycles. The Kier molecular flexibility index (Phi) is 6.07. The fourth-order valence-electron chi connectivity index (χ4n) is 8.21. The summed E-state index contributed by atoms with van der Waals surface area (Å²) < 4.78 is 5.65. The van der Waals surface area contributed by atoms with E-state index < -0.39 is 5.92 Å². The third-order valence-corrected chi connectivity index (χ3v) is 9.64. The Labute approximate surface area is 228 Å². The molecule has 7 heteroatoms. The molecule has 1 aliphatic heterocycles. The first-order chi connectivity index (χ1) is 18.9. The van der Waals surface area contributed by atoms with Gasteiger partial charge < -0.3 is 15.1 Å². The lowest BCUT2D eigenvalue weighted by Crippen LogP contribution is -2.58. The fourth-order valence-corrected chi connectivity index (χ4v) is 8.21. The molecule has 39 heavy (non-hydrogen) atoms. The molecule has 1 aromatic heterocycles. The summed E-state index contributed by atoms with van der Waals surface area (Å²) in [5.74, 6) is 1.65. The number of carbonyl (C=O) groups is 3. The molecule has 5 fully saturated rings. The van der Waals surface area contributed by atoms with Gasteiger partial charge in [0.2, 0.25) is 11.8 Å². The number of furan rings is 1. The van der Waals surface area contributed by atoms with Gasteiger partial charge >= 0.3 is 0 Å². The van der Waals surface area contributed by atoms with E-state index in [1.54, 1.807) is 18.4 Å². The van der Waals surface area contributed by atoms with Crippen molar-refractivity contribution in [2.75, 3.05) is 11.9 Å². The number of benzene rings is 2. The molecule has 0 radical (unpaired) electrons. The Hall–Kier alpha value is -3.45. The van der Waals surface area contributed by atoms with Crippen LogP contribution in [0.2, 0.25) is 0 Å². The predicted molar refractivity (Wildman–Crippen MR) is 148 cm³/mol. The maximum absolute atomic E-state index is 13.0. The van der Waals surface area contributed by atoms with Gasteiger partial charge in [0.15, 0.2) is 0 Å². The molecular weight excluding hydrogens is 490 g/mol. The first-order valence-electron chi connectivity index (χ1n) is 14.4. The van der Waals surface area contributed by atoms with Gasteiger partial charge in [-0.25, -0.2) is 0 Å². The SMILES string of the molecule is O=C1CCC(c2coc3ccc(NC(=O)c4ccc(CCNC56CC7CC(CC(C7)C5)C6)cc4)cc23)C(=O)N1. The van der Waals surface area contributed by atoms with Crippen LogP contribution in [-0.4, -0.2) is 29.8 Å². The molecule has 8 rings (SSSR count). The molecule has 3 N–H and O–H groups in total. The number of hydrogen-bond donors (Lipinski definition) is 3. The third kappa shape index (κ3) is 4.78. The summed E-state index contributed by atoms with van der Waals surface area (Å²) in [5, 5.41) is 10.1. The smallest absolute Gasteiger partial charge is 0.255 e. The lowest BCUT2D eigenvalue weighted by atomic mass is 9.53. The average molecular weight is 526 g/mol. The number of imide groups is 1. The molecule has 2 heterocycles. The lowest BCUT2D eigenvalue weighted by Gasteiger charge is -2.57. The van der Waals surface area contributed by atoms with Crippen LogP contribution in [0.4, 0.5) is 5.69 Å². The van der Waals surface area contributed by atoms with Gasteiger partial charge in [-0.3, -0.25) is 19.7 Å². The number of carbonyl (C=O) groups excluding carboxylic acids is 3. The highest BCUT2D eigenvalue weighted by molar-refractivity contribution is 6.06. The van der Waals surface area contributed by atoms with Crippen molar-refractivity contribution in [3.8, 4) is 0 Å². The minimum Gasteiger partial charge on any atom is -0.464 e. The van der Waals surface area contributed by atoms with Crippen molar-refractivity contribution < 1.29 is 18.8 Å². The summed E-state index contributed by atoms with van der Waals surface area (Å²) >= 11 is 0. The normalized spacial score (nSPS) is 29.5. The maximum atomic E-state index is 13.0. The van der Waals surface area contributed by atoms with E-state index in [0.717, 1.165) is 41.7 Å². The Balaban J connectivity index is 0.975. The molecule has 7 nitrogen and oxygen atoms in total. The number of anilines is 1. The van der Waals surface area contributed by atoms with Crippen LogP contribution >= 0.6 is 0 Å². The van der Waals surface area contributed by atoms with Gasteiger partial charge in [-0.1, -0.05) is 12.1 Å². The average Bonchev–Trinajstić information content (AvgIpc) is 3.31. The van der Waals surface area contributed by atoms with Crippen LogP contribution in [0.1, 0.15) is 78.8 Å². The molecule has 3 aromatic rings. The summed E-state index contributed by atoms with van der Waals surface area (Å²) in [4.78, 5) is 36.9. The number of piperidine rings is 1. The minimum absolute atomic E-state index is 0.182. The molecule has 1 saturated heterocycles. The standard InChI is InChI=1S/C32H35N3O4/c36-29-8-6-25(31(38)35-29)27-18-39-28-7-5-24(14-26(27)28)34-30(37)23-3-1-19(2-4-23)9-10-33-32-15-20-11-21(16-32)13-22(12-20)17-32/h1-5,7,14,18,20-22,25,33H,6,8-13,15-17H2,(H,34,37)(H,35,36,38). The van der Waals surface area contributed by atoms with Crippen LogP contribution in [0.5, 0.6) is 0 Å². The Morgan fingerprint density at radius 1 is 0.974 bits per heavy atom. The largest absolute Gasteiger partial charge is 0.464 e. The number of nitrogens with one attached hydrogen (secondary N) is 3. The van der Waals surface area contributed by atoms with Crippen LogP contribution < -0.4 is 16.0 Å². The van der Waals surface area contributed by atoms with Crippen molar-refractivity contribution in [3.63, 3.8) is 0 Å². The second-order valence-corrected chi connectivity index (χ2v) is 12.4. The fraction of sp³-hybridized carbons (Fsp3) is 0.469. The van der Waals surface area contributed by atoms with Gasteiger partial charge in [0, 0.05) is 34.2 Å². The van der Waals surface area contributed by atoms with Crippen LogP contribution in [0.25, 0.3) is 11.0 Å². The molecule has 5 aliphatic rings. The monoisotopic (exact) mass is 525 g/mol. The summed E-state index contributed by atoms with van der Waals surface area (Å²) in [5.41, 5.74) is 4.22. The van der Waals surface area contributed by atoms with Crippen molar-refractivity contribution in [1.29, 1.82) is 0 Å². The molecule has 3 amide bonds. The van der Waals surface area contributed by atoms with Crippen molar-refractivity contribution in [1.82, 2.24) is 10.6 Å². The Bertz CT molecular complexity index is 1400. The first-order valence-corrected chi connectivity index (χ1v) is 14.4. The van der Waals surface area contributed by atoms with Gasteiger partial charge in [0.25, 0.3) is 5.91 Å². The van der Waals surface area contributed by atoms with Gasteiger partial charge in [-0.2, -0.15) is 0 Å². The van der Waals surface area contributed by atoms with Gasteiger partial charge in [-0.15, -0.1) is 0 Å². The van der Waals surface area contributed by atoms with E-state index in [1.165, 1.54) is 44.1 Å². The molecule has 1 atom stereocenters. The highest BCUT2D eigenvalue weighted by atomic mass is 16.3. The van der Waals surface area contributed by atoms with Gasteiger partial charge in [-0.05, 0) is 112 Å². The van der Waals surface area contributed by atoms with Crippen molar-refractivity contribution >= 4 is 34.4 Å². The Morgan fingerprint density at radius 2 is 1.69 bits per heavy atom. The predicted octanol–water partition coefficient (Wildman–Crippen LogP) is 5.31. The first kappa shape index (κ1) is 24.6. The van der Waals surface area contributed by atoms with Crippen molar-refractivity contribution in [2.45, 2.75) is 69.2 Å². The maximum Gasteiger partial charge on any atom is 0.255 e. The minimum atomic E-state index is -0.445. The van der Waals surface area contributed by atoms with E-state index in [4.69, 9.17) is 4.42 Å². The van der Waals surface area contributed by atoms with E-state index in [1.807, 2.05) is 18.2 Å². The van der Waals surface area contributed by atoms with E-state index in [9.17, 15) is 14.4 Å². The zero-order valence-corrected chi connectivity index (χ0v) is 22.1. The Morgan fingerprint density at radius 3 is 2.38 bits per heavy atom. The topological polar surface area (TPSA) is 100 Å². The van der Waals surface area contributed by atoms with Gasteiger partial charge in [0.1, 0.15) is 5.58 Å². The quantitative estimate of drug-likeness (QED) is 0.363. The molecule has 4 bridgehead atoms. The van der Waals surface area contributed by atoms with Crippen LogP contribution in [0.15, 0.2) is 53.1 Å². The van der Waals surface area contributed by atoms with E-state index in [2.05, 4.69) is 28.1 Å². The summed E-state index contributed by atoms with van der Waals surface area (Å²) in [7, 11) is 0. The van der Waals surface area contributed by atoms with Crippen LogP contribution in [0, 0.1) is 17.8 Å². The van der Waals surface area contributed by atoms with Crippen molar-refractivity contribution in [3.05, 3.63) is 65.4 Å². The molecular formula is C32H35N3O4. The third-order valence-electron chi connectivity index (χ3n) is 9.64. The molecule has 2 aromatic carbocycles. The van der Waals surface area contributed by atoms with E-state index >= 15 is 0 Å². The summed E-state index contributed by atoms with van der Waals surface area (Å²) in [6, 6.07) is 13.3. The highest BCUT2D eigenvalue weighted by Crippen LogP contribution is 2.55. The molecule has 4 saturated carbocycles. The summed E-state index contributed by atoms with van der Waals surface area (Å²) in [6.45, 7) is 0.984. The summed E-state index contributed by atoms with van der Waals surface area (Å²) in [6.07, 6.45) is 11.7. The number of rotatable bonds is 7. The van der Waals surface area contributed by atoms with Crippen LogP contribution in [0.3, 0.4) is 0 Å². The van der Waals surface area contributed by atoms with Gasteiger partial charge in [0.05, 0.1) is 12.2 Å². The zero-order chi connectivity index (χ0) is 26.6. The molecule has 0 spiro atoms. The number of fused-ring (bicyclic) bond motifs is 1. The zero-order valence-electron chi connectivity index (χ0n) is 22.1. The van der Waals surface area contributed by atoms with Crippen LogP contribution in [-0.2, 0) is 16.0 Å². The van der Waals surface area contributed by atoms with E-state index in [0.29, 0.717) is 35.2 Å². The van der Waals surface area contributed by atoms with Crippen molar-refractivity contribution in [2.24, 2.45) is 17.8 Å². The molecule has 202 valence electrons. The second-order valence-electron chi connectivity index (χ2n) is 12.4. The van der Waals surface area contributed by atoms with E-state index in [-0.39, 0.29) is 17.7 Å². The lowest BCUT2D eigenvalue weighted by molar-refractivity contribution is -0.134. The number of amides is 3.